The average Bonchev–Trinajstić information content (AvgIpc) is 3.11. The van der Waals surface area contributed by atoms with Gasteiger partial charge in [-0.05, 0) is 31.2 Å². The van der Waals surface area contributed by atoms with Crippen LogP contribution >= 0.6 is 0 Å². The van der Waals surface area contributed by atoms with Crippen LogP contribution in [-0.4, -0.2) is 4.98 Å². The molecule has 0 fully saturated rings. The summed E-state index contributed by atoms with van der Waals surface area (Å²) in [6.45, 7) is 3.27. The monoisotopic (exact) mass is 268 g/mol. The van der Waals surface area contributed by atoms with Crippen LogP contribution in [0.15, 0.2) is 57.6 Å². The largest absolute Gasteiger partial charge is 0.468 e. The number of rotatable bonds is 5. The van der Waals surface area contributed by atoms with E-state index in [0.717, 1.165) is 22.8 Å². The summed E-state index contributed by atoms with van der Waals surface area (Å²) in [5, 5.41) is 3.29. The molecule has 0 bridgehead atoms. The molecular formula is C16H16N2O2. The van der Waals surface area contributed by atoms with Gasteiger partial charge in [0.05, 0.1) is 18.5 Å². The zero-order valence-electron chi connectivity index (χ0n) is 11.3. The van der Waals surface area contributed by atoms with Crippen molar-refractivity contribution in [3.05, 3.63) is 65.9 Å². The van der Waals surface area contributed by atoms with E-state index in [0.29, 0.717) is 19.0 Å². The fourth-order valence-corrected chi connectivity index (χ4v) is 2.01. The topological polar surface area (TPSA) is 51.2 Å². The Kier molecular flexibility index (Phi) is 3.65. The maximum absolute atomic E-state index is 5.71. The highest BCUT2D eigenvalue weighted by atomic mass is 16.4. The number of aryl methyl sites for hydroxylation is 1. The highest BCUT2D eigenvalue weighted by Gasteiger charge is 2.10. The maximum atomic E-state index is 5.71. The van der Waals surface area contributed by atoms with Crippen LogP contribution in [0.25, 0.3) is 11.5 Å². The Hall–Kier alpha value is -2.33. The molecule has 1 N–H and O–H groups in total. The molecule has 0 spiro atoms. The van der Waals surface area contributed by atoms with Gasteiger partial charge in [-0.25, -0.2) is 4.98 Å². The van der Waals surface area contributed by atoms with Gasteiger partial charge >= 0.3 is 0 Å². The summed E-state index contributed by atoms with van der Waals surface area (Å²) in [5.41, 5.74) is 1.92. The van der Waals surface area contributed by atoms with Crippen molar-refractivity contribution in [1.29, 1.82) is 0 Å². The van der Waals surface area contributed by atoms with Gasteiger partial charge in [0.2, 0.25) is 5.89 Å². The number of furan rings is 1. The number of hydrogen-bond acceptors (Lipinski definition) is 4. The first-order chi connectivity index (χ1) is 9.83. The molecule has 3 aromatic rings. The van der Waals surface area contributed by atoms with E-state index in [1.807, 2.05) is 49.4 Å². The summed E-state index contributed by atoms with van der Waals surface area (Å²) < 4.78 is 11.0. The summed E-state index contributed by atoms with van der Waals surface area (Å²) in [5.74, 6) is 2.42. The van der Waals surface area contributed by atoms with Crippen LogP contribution < -0.4 is 5.32 Å². The van der Waals surface area contributed by atoms with Gasteiger partial charge in [-0.15, -0.1) is 0 Å². The van der Waals surface area contributed by atoms with Crippen molar-refractivity contribution in [2.45, 2.75) is 20.0 Å². The van der Waals surface area contributed by atoms with E-state index in [2.05, 4.69) is 10.3 Å². The highest BCUT2D eigenvalue weighted by Crippen LogP contribution is 2.21. The Balaban J connectivity index is 1.67. The Morgan fingerprint density at radius 2 is 1.90 bits per heavy atom. The number of benzene rings is 1. The molecule has 0 aliphatic carbocycles. The van der Waals surface area contributed by atoms with Crippen LogP contribution in [0.2, 0.25) is 0 Å². The first kappa shape index (κ1) is 12.7. The summed E-state index contributed by atoms with van der Waals surface area (Å²) in [7, 11) is 0. The van der Waals surface area contributed by atoms with Crippen LogP contribution in [0.3, 0.4) is 0 Å². The van der Waals surface area contributed by atoms with Crippen LogP contribution in [0.5, 0.6) is 0 Å². The van der Waals surface area contributed by atoms with Gasteiger partial charge in [0.1, 0.15) is 11.5 Å². The average molecular weight is 268 g/mol. The molecule has 4 nitrogen and oxygen atoms in total. The van der Waals surface area contributed by atoms with Gasteiger partial charge in [-0.3, -0.25) is 0 Å². The van der Waals surface area contributed by atoms with Gasteiger partial charge in [-0.1, -0.05) is 18.2 Å². The van der Waals surface area contributed by atoms with Gasteiger partial charge in [0.25, 0.3) is 0 Å². The lowest BCUT2D eigenvalue weighted by Gasteiger charge is -1.99. The zero-order valence-corrected chi connectivity index (χ0v) is 11.3. The third kappa shape index (κ3) is 2.81. The molecule has 0 amide bonds. The number of hydrogen-bond donors (Lipinski definition) is 1. The Morgan fingerprint density at radius 3 is 2.65 bits per heavy atom. The van der Waals surface area contributed by atoms with Crippen molar-refractivity contribution in [1.82, 2.24) is 10.3 Å². The second kappa shape index (κ2) is 5.75. The predicted molar refractivity (Wildman–Crippen MR) is 75.9 cm³/mol. The van der Waals surface area contributed by atoms with Gasteiger partial charge < -0.3 is 14.2 Å². The van der Waals surface area contributed by atoms with Crippen molar-refractivity contribution in [3.63, 3.8) is 0 Å². The third-order valence-electron chi connectivity index (χ3n) is 3.09. The molecule has 20 heavy (non-hydrogen) atoms. The molecule has 1 aromatic carbocycles. The SMILES string of the molecule is Cc1oc(-c2ccccc2)nc1CNCc1ccco1. The van der Waals surface area contributed by atoms with Crippen molar-refractivity contribution in [2.75, 3.05) is 0 Å². The van der Waals surface area contributed by atoms with E-state index in [4.69, 9.17) is 8.83 Å². The van der Waals surface area contributed by atoms with Crippen molar-refractivity contribution < 1.29 is 8.83 Å². The lowest BCUT2D eigenvalue weighted by atomic mass is 10.2. The fourth-order valence-electron chi connectivity index (χ4n) is 2.01. The van der Waals surface area contributed by atoms with Crippen LogP contribution in [-0.2, 0) is 13.1 Å². The van der Waals surface area contributed by atoms with Crippen molar-refractivity contribution in [2.24, 2.45) is 0 Å². The van der Waals surface area contributed by atoms with Gasteiger partial charge in [0.15, 0.2) is 0 Å². The molecule has 2 aromatic heterocycles. The molecule has 0 aliphatic rings. The zero-order chi connectivity index (χ0) is 13.8. The number of nitrogens with one attached hydrogen (secondary N) is 1. The minimum absolute atomic E-state index is 0.656. The maximum Gasteiger partial charge on any atom is 0.226 e. The van der Waals surface area contributed by atoms with Gasteiger partial charge in [-0.2, -0.15) is 0 Å². The van der Waals surface area contributed by atoms with E-state index in [-0.39, 0.29) is 0 Å². The first-order valence-electron chi connectivity index (χ1n) is 6.58. The number of oxazole rings is 1. The molecule has 0 aliphatic heterocycles. The van der Waals surface area contributed by atoms with E-state index in [1.54, 1.807) is 6.26 Å². The highest BCUT2D eigenvalue weighted by molar-refractivity contribution is 5.53. The van der Waals surface area contributed by atoms with E-state index in [1.165, 1.54) is 0 Å². The molecule has 2 heterocycles. The number of nitrogens with zero attached hydrogens (tertiary/aromatic N) is 1. The first-order valence-corrected chi connectivity index (χ1v) is 6.58. The summed E-state index contributed by atoms with van der Waals surface area (Å²) in [6.07, 6.45) is 1.67. The van der Waals surface area contributed by atoms with Crippen LogP contribution in [0, 0.1) is 6.92 Å². The number of aromatic nitrogens is 1. The van der Waals surface area contributed by atoms with E-state index >= 15 is 0 Å². The lowest BCUT2D eigenvalue weighted by molar-refractivity contribution is 0.480. The van der Waals surface area contributed by atoms with Crippen molar-refractivity contribution in [3.8, 4) is 11.5 Å². The molecule has 0 saturated carbocycles. The molecule has 0 atom stereocenters. The fraction of sp³-hybridized carbons (Fsp3) is 0.188. The normalized spacial score (nSPS) is 10.8. The third-order valence-corrected chi connectivity index (χ3v) is 3.09. The van der Waals surface area contributed by atoms with Crippen LogP contribution in [0.1, 0.15) is 17.2 Å². The molecule has 0 unspecified atom stereocenters. The smallest absolute Gasteiger partial charge is 0.226 e. The van der Waals surface area contributed by atoms with E-state index < -0.39 is 0 Å². The molecule has 3 rings (SSSR count). The van der Waals surface area contributed by atoms with Crippen LogP contribution in [0.4, 0.5) is 0 Å². The molecular weight excluding hydrogens is 252 g/mol. The minimum Gasteiger partial charge on any atom is -0.468 e. The predicted octanol–water partition coefficient (Wildman–Crippen LogP) is 3.53. The molecule has 0 saturated heterocycles. The Labute approximate surface area is 117 Å². The lowest BCUT2D eigenvalue weighted by Crippen LogP contribution is -2.13. The van der Waals surface area contributed by atoms with Crippen molar-refractivity contribution >= 4 is 0 Å². The standard InChI is InChI=1S/C16H16N2O2/c1-12-15(11-17-10-14-8-5-9-19-14)18-16(20-12)13-6-3-2-4-7-13/h2-9,17H,10-11H2,1H3. The quantitative estimate of drug-likeness (QED) is 0.769. The molecule has 0 radical (unpaired) electrons. The Morgan fingerprint density at radius 1 is 1.05 bits per heavy atom. The second-order valence-corrected chi connectivity index (χ2v) is 4.57. The molecule has 4 heteroatoms. The van der Waals surface area contributed by atoms with E-state index in [9.17, 15) is 0 Å². The Bertz CT molecular complexity index is 657. The summed E-state index contributed by atoms with van der Waals surface area (Å²) in [6, 6.07) is 13.7. The van der Waals surface area contributed by atoms with Gasteiger partial charge in [0, 0.05) is 12.1 Å². The minimum atomic E-state index is 0.656. The molecule has 102 valence electrons. The second-order valence-electron chi connectivity index (χ2n) is 4.57. The summed E-state index contributed by atoms with van der Waals surface area (Å²) >= 11 is 0. The summed E-state index contributed by atoms with van der Waals surface area (Å²) in [4.78, 5) is 4.54.